The van der Waals surface area contributed by atoms with Crippen LogP contribution in [0.4, 0.5) is 5.69 Å². The van der Waals surface area contributed by atoms with Gasteiger partial charge in [-0.1, -0.05) is 12.8 Å². The number of hydrogen-bond acceptors (Lipinski definition) is 3. The van der Waals surface area contributed by atoms with Gasteiger partial charge in [-0.2, -0.15) is 0 Å². The van der Waals surface area contributed by atoms with Crippen LogP contribution in [0, 0.1) is 11.8 Å². The summed E-state index contributed by atoms with van der Waals surface area (Å²) >= 11 is 0. The average Bonchev–Trinajstić information content (AvgIpc) is 3.34. The minimum atomic E-state index is 0.618. The summed E-state index contributed by atoms with van der Waals surface area (Å²) in [5.74, 6) is 3.63. The largest absolute Gasteiger partial charge is 0.493 e. The Morgan fingerprint density at radius 1 is 1.10 bits per heavy atom. The average molecular weight is 289 g/mol. The van der Waals surface area contributed by atoms with Crippen LogP contribution in [0.2, 0.25) is 0 Å². The molecule has 21 heavy (non-hydrogen) atoms. The first kappa shape index (κ1) is 14.6. The normalized spacial score (nSPS) is 25.4. The van der Waals surface area contributed by atoms with Gasteiger partial charge in [-0.15, -0.1) is 0 Å². The number of benzene rings is 1. The number of rotatable bonds is 6. The number of hydrogen-bond donors (Lipinski definition) is 1. The molecule has 0 saturated heterocycles. The van der Waals surface area contributed by atoms with E-state index in [-0.39, 0.29) is 0 Å². The Morgan fingerprint density at radius 2 is 1.95 bits per heavy atom. The highest BCUT2D eigenvalue weighted by Crippen LogP contribution is 2.44. The lowest BCUT2D eigenvalue weighted by atomic mass is 9.82. The number of methoxy groups -OCH3 is 1. The van der Waals surface area contributed by atoms with E-state index in [0.717, 1.165) is 29.0 Å². The Labute approximate surface area is 128 Å². The van der Waals surface area contributed by atoms with Gasteiger partial charge in [-0.3, -0.25) is 0 Å². The number of nitrogens with one attached hydrogen (secondary N) is 1. The molecule has 1 N–H and O–H groups in total. The Bertz CT molecular complexity index is 470. The van der Waals surface area contributed by atoms with E-state index >= 15 is 0 Å². The van der Waals surface area contributed by atoms with Crippen LogP contribution < -0.4 is 14.8 Å². The summed E-state index contributed by atoms with van der Waals surface area (Å²) in [5, 5.41) is 3.70. The summed E-state index contributed by atoms with van der Waals surface area (Å²) in [6.07, 6.45) is 8.36. The highest BCUT2D eigenvalue weighted by molar-refractivity contribution is 5.55. The van der Waals surface area contributed by atoms with Crippen molar-refractivity contribution >= 4 is 5.69 Å². The first-order valence-corrected chi connectivity index (χ1v) is 8.37. The molecule has 2 atom stereocenters. The van der Waals surface area contributed by atoms with Crippen LogP contribution in [0.3, 0.4) is 0 Å². The van der Waals surface area contributed by atoms with Gasteiger partial charge in [0.2, 0.25) is 0 Å². The van der Waals surface area contributed by atoms with Gasteiger partial charge in [0, 0.05) is 17.8 Å². The van der Waals surface area contributed by atoms with Gasteiger partial charge in [-0.25, -0.2) is 0 Å². The topological polar surface area (TPSA) is 30.5 Å². The van der Waals surface area contributed by atoms with E-state index in [1.807, 2.05) is 13.0 Å². The fraction of sp³-hybridized carbons (Fsp3) is 0.667. The van der Waals surface area contributed by atoms with Gasteiger partial charge in [0.25, 0.3) is 0 Å². The van der Waals surface area contributed by atoms with Gasteiger partial charge < -0.3 is 14.8 Å². The van der Waals surface area contributed by atoms with E-state index in [1.54, 1.807) is 7.11 Å². The third-order valence-electron chi connectivity index (χ3n) is 4.84. The number of anilines is 1. The molecule has 2 aliphatic carbocycles. The predicted octanol–water partition coefficient (Wildman–Crippen LogP) is 4.47. The molecule has 3 heteroatoms. The summed E-state index contributed by atoms with van der Waals surface area (Å²) in [6, 6.07) is 6.79. The van der Waals surface area contributed by atoms with E-state index in [1.165, 1.54) is 38.5 Å². The Morgan fingerprint density at radius 3 is 2.67 bits per heavy atom. The molecule has 0 aromatic heterocycles. The molecule has 3 nitrogen and oxygen atoms in total. The standard InChI is InChI=1S/C18H27NO2/c1-3-21-17-10-9-16(12-18(17)20-2)19-15-6-4-5-14(11-15)13-7-8-13/h9-10,12-15,19H,3-8,11H2,1-2H3. The van der Waals surface area contributed by atoms with Crippen molar-refractivity contribution in [1.82, 2.24) is 0 Å². The zero-order chi connectivity index (χ0) is 14.7. The van der Waals surface area contributed by atoms with Crippen molar-refractivity contribution in [3.05, 3.63) is 18.2 Å². The van der Waals surface area contributed by atoms with Crippen LogP contribution >= 0.6 is 0 Å². The van der Waals surface area contributed by atoms with Crippen molar-refractivity contribution in [2.45, 2.75) is 51.5 Å². The Balaban J connectivity index is 1.63. The molecule has 2 aliphatic rings. The van der Waals surface area contributed by atoms with Crippen molar-refractivity contribution < 1.29 is 9.47 Å². The molecule has 0 radical (unpaired) electrons. The molecule has 0 bridgehead atoms. The lowest BCUT2D eigenvalue weighted by Crippen LogP contribution is -2.28. The Hall–Kier alpha value is -1.38. The summed E-state index contributed by atoms with van der Waals surface area (Å²) in [6.45, 7) is 2.65. The lowest BCUT2D eigenvalue weighted by molar-refractivity contribution is 0.302. The maximum absolute atomic E-state index is 5.58. The first-order valence-electron chi connectivity index (χ1n) is 8.37. The molecule has 3 rings (SSSR count). The molecule has 2 unspecified atom stereocenters. The van der Waals surface area contributed by atoms with Crippen molar-refractivity contribution in [3.63, 3.8) is 0 Å². The molecular formula is C18H27NO2. The van der Waals surface area contributed by atoms with E-state index in [0.29, 0.717) is 12.6 Å². The zero-order valence-electron chi connectivity index (χ0n) is 13.2. The summed E-state index contributed by atoms with van der Waals surface area (Å²) < 4.78 is 11.0. The summed E-state index contributed by atoms with van der Waals surface area (Å²) in [5.41, 5.74) is 1.15. The van der Waals surface area contributed by atoms with Crippen molar-refractivity contribution in [1.29, 1.82) is 0 Å². The lowest BCUT2D eigenvalue weighted by Gasteiger charge is -2.30. The third kappa shape index (κ3) is 3.63. The van der Waals surface area contributed by atoms with Crippen LogP contribution in [0.25, 0.3) is 0 Å². The van der Waals surface area contributed by atoms with Gasteiger partial charge >= 0.3 is 0 Å². The number of ether oxygens (including phenoxy) is 2. The SMILES string of the molecule is CCOc1ccc(NC2CCCC(C3CC3)C2)cc1OC. The van der Waals surface area contributed by atoms with Crippen molar-refractivity contribution in [2.75, 3.05) is 19.0 Å². The van der Waals surface area contributed by atoms with E-state index in [2.05, 4.69) is 17.4 Å². The second kappa shape index (κ2) is 6.59. The molecular weight excluding hydrogens is 262 g/mol. The fourth-order valence-corrected chi connectivity index (χ4v) is 3.62. The van der Waals surface area contributed by atoms with Gasteiger partial charge in [-0.05, 0) is 56.6 Å². The maximum Gasteiger partial charge on any atom is 0.162 e. The van der Waals surface area contributed by atoms with E-state index in [9.17, 15) is 0 Å². The maximum atomic E-state index is 5.58. The first-order chi connectivity index (χ1) is 10.3. The quantitative estimate of drug-likeness (QED) is 0.838. The van der Waals surface area contributed by atoms with Crippen LogP contribution in [-0.4, -0.2) is 19.8 Å². The van der Waals surface area contributed by atoms with E-state index in [4.69, 9.17) is 9.47 Å². The molecule has 0 heterocycles. The molecule has 0 amide bonds. The van der Waals surface area contributed by atoms with Crippen LogP contribution in [0.5, 0.6) is 11.5 Å². The minimum Gasteiger partial charge on any atom is -0.493 e. The van der Waals surface area contributed by atoms with Gasteiger partial charge in [0.1, 0.15) is 0 Å². The second-order valence-corrected chi connectivity index (χ2v) is 6.40. The summed E-state index contributed by atoms with van der Waals surface area (Å²) in [7, 11) is 1.70. The molecule has 0 spiro atoms. The van der Waals surface area contributed by atoms with Crippen molar-refractivity contribution in [2.24, 2.45) is 11.8 Å². The van der Waals surface area contributed by atoms with Crippen LogP contribution in [0.15, 0.2) is 18.2 Å². The molecule has 2 saturated carbocycles. The van der Waals surface area contributed by atoms with Crippen molar-refractivity contribution in [3.8, 4) is 11.5 Å². The fourth-order valence-electron chi connectivity index (χ4n) is 3.62. The van der Waals surface area contributed by atoms with Crippen LogP contribution in [0.1, 0.15) is 45.4 Å². The molecule has 1 aromatic carbocycles. The second-order valence-electron chi connectivity index (χ2n) is 6.40. The van der Waals surface area contributed by atoms with E-state index < -0.39 is 0 Å². The third-order valence-corrected chi connectivity index (χ3v) is 4.84. The zero-order valence-corrected chi connectivity index (χ0v) is 13.2. The Kier molecular flexibility index (Phi) is 4.57. The van der Waals surface area contributed by atoms with Crippen LogP contribution in [-0.2, 0) is 0 Å². The van der Waals surface area contributed by atoms with Gasteiger partial charge in [0.15, 0.2) is 11.5 Å². The highest BCUT2D eigenvalue weighted by Gasteiger charge is 2.34. The smallest absolute Gasteiger partial charge is 0.162 e. The highest BCUT2D eigenvalue weighted by atomic mass is 16.5. The van der Waals surface area contributed by atoms with Gasteiger partial charge in [0.05, 0.1) is 13.7 Å². The molecule has 1 aromatic rings. The molecule has 2 fully saturated rings. The monoisotopic (exact) mass is 289 g/mol. The minimum absolute atomic E-state index is 0.618. The predicted molar refractivity (Wildman–Crippen MR) is 86.3 cm³/mol. The molecule has 116 valence electrons. The molecule has 0 aliphatic heterocycles. The summed E-state index contributed by atoms with van der Waals surface area (Å²) in [4.78, 5) is 0.